The second kappa shape index (κ2) is 7.60. The molecule has 3 N–H and O–H groups in total. The first-order valence-electron chi connectivity index (χ1n) is 7.13. The van der Waals surface area contributed by atoms with Crippen LogP contribution >= 0.6 is 0 Å². The van der Waals surface area contributed by atoms with Gasteiger partial charge < -0.3 is 5.73 Å². The summed E-state index contributed by atoms with van der Waals surface area (Å²) in [6.45, 7) is 7.99. The summed E-state index contributed by atoms with van der Waals surface area (Å²) in [4.78, 5) is 0.279. The molecule has 0 radical (unpaired) electrons. The summed E-state index contributed by atoms with van der Waals surface area (Å²) in [6, 6.07) is 5.06. The summed E-state index contributed by atoms with van der Waals surface area (Å²) >= 11 is 0. The van der Waals surface area contributed by atoms with Crippen LogP contribution < -0.4 is 10.5 Å². The van der Waals surface area contributed by atoms with Crippen molar-refractivity contribution in [1.29, 1.82) is 0 Å². The highest BCUT2D eigenvalue weighted by Gasteiger charge is 2.22. The Morgan fingerprint density at radius 3 is 2.57 bits per heavy atom. The molecule has 0 spiro atoms. The van der Waals surface area contributed by atoms with E-state index in [2.05, 4.69) is 16.6 Å². The summed E-state index contributed by atoms with van der Waals surface area (Å²) in [5.74, 6) is 5.88. The molecule has 5 heteroatoms. The summed E-state index contributed by atoms with van der Waals surface area (Å²) in [5.41, 5.74) is 6.70. The molecule has 0 aromatic heterocycles. The van der Waals surface area contributed by atoms with Gasteiger partial charge in [0, 0.05) is 11.6 Å². The Morgan fingerprint density at radius 1 is 1.33 bits per heavy atom. The highest BCUT2D eigenvalue weighted by molar-refractivity contribution is 7.89. The highest BCUT2D eigenvalue weighted by Crippen LogP contribution is 2.18. The summed E-state index contributed by atoms with van der Waals surface area (Å²) < 4.78 is 27.8. The van der Waals surface area contributed by atoms with Gasteiger partial charge >= 0.3 is 0 Å². The van der Waals surface area contributed by atoms with E-state index in [0.717, 1.165) is 6.42 Å². The van der Waals surface area contributed by atoms with Gasteiger partial charge in [-0.25, -0.2) is 13.1 Å². The third-order valence-corrected chi connectivity index (χ3v) is 5.35. The number of nitrogens with two attached hydrogens (primary N) is 1. The molecule has 0 aliphatic heterocycles. The number of rotatable bonds is 5. The van der Waals surface area contributed by atoms with Gasteiger partial charge in [0.05, 0.1) is 11.4 Å². The van der Waals surface area contributed by atoms with Crippen molar-refractivity contribution in [1.82, 2.24) is 4.72 Å². The van der Waals surface area contributed by atoms with Crippen molar-refractivity contribution in [2.75, 3.05) is 6.54 Å². The van der Waals surface area contributed by atoms with E-state index in [1.165, 1.54) is 0 Å². The Kier molecular flexibility index (Phi) is 6.41. The Labute approximate surface area is 128 Å². The molecule has 0 heterocycles. The van der Waals surface area contributed by atoms with Crippen LogP contribution in [0.1, 0.15) is 38.3 Å². The van der Waals surface area contributed by atoms with E-state index in [1.807, 2.05) is 20.8 Å². The topological polar surface area (TPSA) is 72.2 Å². The number of hydrogen-bond donors (Lipinski definition) is 2. The van der Waals surface area contributed by atoms with E-state index in [1.54, 1.807) is 25.1 Å². The Hall–Kier alpha value is -1.35. The van der Waals surface area contributed by atoms with Gasteiger partial charge in [-0.1, -0.05) is 38.2 Å². The van der Waals surface area contributed by atoms with Gasteiger partial charge in [-0.3, -0.25) is 0 Å². The van der Waals surface area contributed by atoms with E-state index in [4.69, 9.17) is 5.73 Å². The third kappa shape index (κ3) is 4.85. The second-order valence-electron chi connectivity index (χ2n) is 5.28. The summed E-state index contributed by atoms with van der Waals surface area (Å²) in [6.07, 6.45) is 0.921. The van der Waals surface area contributed by atoms with Gasteiger partial charge in [0.2, 0.25) is 10.0 Å². The van der Waals surface area contributed by atoms with Crippen LogP contribution in [0.15, 0.2) is 23.1 Å². The first-order chi connectivity index (χ1) is 9.81. The molecule has 2 atom stereocenters. The maximum absolute atomic E-state index is 12.5. The molecular formula is C16H24N2O2S. The molecule has 2 unspecified atom stereocenters. The van der Waals surface area contributed by atoms with Gasteiger partial charge in [-0.05, 0) is 37.5 Å². The number of hydrogen-bond acceptors (Lipinski definition) is 3. The van der Waals surface area contributed by atoms with Crippen molar-refractivity contribution < 1.29 is 8.42 Å². The van der Waals surface area contributed by atoms with Crippen LogP contribution in [0.3, 0.4) is 0 Å². The van der Waals surface area contributed by atoms with Crippen molar-refractivity contribution in [3.8, 4) is 11.8 Å². The van der Waals surface area contributed by atoms with Crippen molar-refractivity contribution in [3.63, 3.8) is 0 Å². The lowest BCUT2D eigenvalue weighted by molar-refractivity contribution is 0.434. The Bertz CT molecular complexity index is 642. The molecule has 1 rings (SSSR count). The Morgan fingerprint density at radius 2 is 2.00 bits per heavy atom. The number of benzene rings is 1. The normalized spacial score (nSPS) is 14.1. The molecule has 0 aliphatic carbocycles. The van der Waals surface area contributed by atoms with Gasteiger partial charge in [0.1, 0.15) is 0 Å². The molecule has 0 amide bonds. The average molecular weight is 308 g/mol. The zero-order chi connectivity index (χ0) is 16.0. The monoisotopic (exact) mass is 308 g/mol. The molecule has 0 saturated heterocycles. The lowest BCUT2D eigenvalue weighted by atomic mass is 10.0. The van der Waals surface area contributed by atoms with Crippen LogP contribution in [0.5, 0.6) is 0 Å². The lowest BCUT2D eigenvalue weighted by Gasteiger charge is -2.20. The quantitative estimate of drug-likeness (QED) is 0.817. The minimum absolute atomic E-state index is 0.113. The molecule has 0 fully saturated rings. The maximum Gasteiger partial charge on any atom is 0.241 e. The molecule has 0 bridgehead atoms. The minimum Gasteiger partial charge on any atom is -0.320 e. The highest BCUT2D eigenvalue weighted by atomic mass is 32.2. The van der Waals surface area contributed by atoms with Crippen molar-refractivity contribution >= 4 is 10.0 Å². The van der Waals surface area contributed by atoms with E-state index >= 15 is 0 Å². The lowest BCUT2D eigenvalue weighted by Crippen LogP contribution is -2.37. The minimum atomic E-state index is -3.54. The molecule has 1 aromatic rings. The van der Waals surface area contributed by atoms with Gasteiger partial charge in [-0.15, -0.1) is 0 Å². The van der Waals surface area contributed by atoms with Crippen LogP contribution in [0.4, 0.5) is 0 Å². The largest absolute Gasteiger partial charge is 0.320 e. The fourth-order valence-electron chi connectivity index (χ4n) is 1.90. The van der Waals surface area contributed by atoms with Gasteiger partial charge in [0.25, 0.3) is 0 Å². The first kappa shape index (κ1) is 17.7. The number of aryl methyl sites for hydroxylation is 1. The van der Waals surface area contributed by atoms with Crippen LogP contribution in [0, 0.1) is 24.7 Å². The molecular weight excluding hydrogens is 284 g/mol. The molecule has 1 aromatic carbocycles. The van der Waals surface area contributed by atoms with Crippen LogP contribution in [-0.4, -0.2) is 21.0 Å². The molecule has 4 nitrogen and oxygen atoms in total. The summed E-state index contributed by atoms with van der Waals surface area (Å²) in [7, 11) is -3.54. The summed E-state index contributed by atoms with van der Waals surface area (Å²) in [5, 5.41) is 0. The predicted octanol–water partition coefficient (Wildman–Crippen LogP) is 2.02. The molecule has 116 valence electrons. The van der Waals surface area contributed by atoms with Crippen LogP contribution in [-0.2, 0) is 10.0 Å². The average Bonchev–Trinajstić information content (AvgIpc) is 2.44. The van der Waals surface area contributed by atoms with E-state index in [9.17, 15) is 8.42 Å². The maximum atomic E-state index is 12.5. The third-order valence-electron chi connectivity index (χ3n) is 3.65. The van der Waals surface area contributed by atoms with E-state index in [0.29, 0.717) is 11.1 Å². The fraction of sp³-hybridized carbons (Fsp3) is 0.500. The molecule has 21 heavy (non-hydrogen) atoms. The van der Waals surface area contributed by atoms with Crippen molar-refractivity contribution in [2.24, 2.45) is 11.7 Å². The van der Waals surface area contributed by atoms with Crippen molar-refractivity contribution in [2.45, 2.75) is 45.1 Å². The Balaban J connectivity index is 3.13. The first-order valence-corrected chi connectivity index (χ1v) is 8.62. The van der Waals surface area contributed by atoms with Gasteiger partial charge in [0.15, 0.2) is 0 Å². The second-order valence-corrected chi connectivity index (χ2v) is 6.96. The zero-order valence-corrected chi connectivity index (χ0v) is 13.9. The fourth-order valence-corrected chi connectivity index (χ4v) is 3.52. The number of sulfonamides is 1. The predicted molar refractivity (Wildman–Crippen MR) is 86.3 cm³/mol. The number of nitrogens with one attached hydrogen (secondary N) is 1. The standard InChI is InChI=1S/C16H24N2O2S/c1-5-12(2)14(4)18-21(19,20)16-11-15(7-6-10-17)9-8-13(16)3/h8-9,11-12,14,18H,5,10,17H2,1-4H3. The van der Waals surface area contributed by atoms with E-state index < -0.39 is 10.0 Å². The SMILES string of the molecule is CCC(C)C(C)NS(=O)(=O)c1cc(C#CCN)ccc1C. The molecule has 0 saturated carbocycles. The smallest absolute Gasteiger partial charge is 0.241 e. The van der Waals surface area contributed by atoms with Gasteiger partial charge in [-0.2, -0.15) is 0 Å². The molecule has 0 aliphatic rings. The zero-order valence-electron chi connectivity index (χ0n) is 13.1. The van der Waals surface area contributed by atoms with Crippen LogP contribution in [0.2, 0.25) is 0 Å². The van der Waals surface area contributed by atoms with Crippen molar-refractivity contribution in [3.05, 3.63) is 29.3 Å². The van der Waals surface area contributed by atoms with Crippen LogP contribution in [0.25, 0.3) is 0 Å². The van der Waals surface area contributed by atoms with E-state index in [-0.39, 0.29) is 23.4 Å².